The Kier molecular flexibility index (Phi) is 6.34. The zero-order chi connectivity index (χ0) is 21.8. The largest absolute Gasteiger partial charge is 0.497 e. The Balaban J connectivity index is 1.41. The first-order valence-electron chi connectivity index (χ1n) is 9.68. The Morgan fingerprint density at radius 2 is 1.90 bits per heavy atom. The van der Waals surface area contributed by atoms with Gasteiger partial charge in [-0.2, -0.15) is 0 Å². The van der Waals surface area contributed by atoms with Crippen LogP contribution in [0.1, 0.15) is 5.56 Å². The molecule has 2 heterocycles. The summed E-state index contributed by atoms with van der Waals surface area (Å²) in [5.41, 5.74) is 2.46. The van der Waals surface area contributed by atoms with E-state index in [-0.39, 0.29) is 18.0 Å². The van der Waals surface area contributed by atoms with Crippen LogP contribution in [-0.2, 0) is 17.8 Å². The maximum Gasteiger partial charge on any atom is 0.271 e. The standard InChI is InChI=1S/C23H20ClN3O3S/c1-30-18-8-2-15(3-9-18)10-11-25-21(28)13-27-14-26-19-12-20(31-22(19)23(27)29)16-4-6-17(24)7-5-16/h2-9,12,14H,10-11,13H2,1H3,(H,25,28). The zero-order valence-electron chi connectivity index (χ0n) is 16.8. The van der Waals surface area contributed by atoms with Crippen LogP contribution in [0, 0.1) is 0 Å². The average molecular weight is 454 g/mol. The van der Waals surface area contributed by atoms with Gasteiger partial charge in [-0.05, 0) is 47.9 Å². The maximum absolute atomic E-state index is 12.8. The molecule has 0 aliphatic carbocycles. The minimum Gasteiger partial charge on any atom is -0.497 e. The van der Waals surface area contributed by atoms with Gasteiger partial charge >= 0.3 is 0 Å². The number of aromatic nitrogens is 2. The lowest BCUT2D eigenvalue weighted by atomic mass is 10.1. The Morgan fingerprint density at radius 1 is 1.16 bits per heavy atom. The highest BCUT2D eigenvalue weighted by molar-refractivity contribution is 7.22. The summed E-state index contributed by atoms with van der Waals surface area (Å²) < 4.78 is 7.01. The molecule has 1 N–H and O–H groups in total. The van der Waals surface area contributed by atoms with Crippen molar-refractivity contribution in [2.75, 3.05) is 13.7 Å². The molecule has 4 aromatic rings. The molecule has 6 nitrogen and oxygen atoms in total. The highest BCUT2D eigenvalue weighted by Crippen LogP contribution is 2.31. The van der Waals surface area contributed by atoms with Gasteiger partial charge in [-0.25, -0.2) is 4.98 Å². The fraction of sp³-hybridized carbons (Fsp3) is 0.174. The number of carbonyl (C=O) groups excluding carboxylic acids is 1. The number of rotatable bonds is 7. The Labute approximate surface area is 188 Å². The number of benzene rings is 2. The molecule has 8 heteroatoms. The predicted octanol–water partition coefficient (Wildman–Crippen LogP) is 4.15. The molecule has 0 saturated heterocycles. The molecule has 4 rings (SSSR count). The van der Waals surface area contributed by atoms with Crippen LogP contribution in [0.3, 0.4) is 0 Å². The lowest BCUT2D eigenvalue weighted by Gasteiger charge is -2.08. The second-order valence-electron chi connectivity index (χ2n) is 6.96. The fourth-order valence-electron chi connectivity index (χ4n) is 3.16. The van der Waals surface area contributed by atoms with Crippen molar-refractivity contribution in [1.29, 1.82) is 0 Å². The molecule has 0 spiro atoms. The first-order valence-corrected chi connectivity index (χ1v) is 10.9. The first-order chi connectivity index (χ1) is 15.0. The number of methoxy groups -OCH3 is 1. The second kappa shape index (κ2) is 9.32. The number of halogens is 1. The van der Waals surface area contributed by atoms with Gasteiger partial charge in [0.2, 0.25) is 5.91 Å². The highest BCUT2D eigenvalue weighted by atomic mass is 35.5. The first kappa shape index (κ1) is 21.1. The highest BCUT2D eigenvalue weighted by Gasteiger charge is 2.12. The number of nitrogens with one attached hydrogen (secondary N) is 1. The summed E-state index contributed by atoms with van der Waals surface area (Å²) in [4.78, 5) is 30.4. The van der Waals surface area contributed by atoms with Crippen molar-refractivity contribution < 1.29 is 9.53 Å². The molecule has 158 valence electrons. The lowest BCUT2D eigenvalue weighted by molar-refractivity contribution is -0.121. The summed E-state index contributed by atoms with van der Waals surface area (Å²) in [6, 6.07) is 17.0. The number of nitrogens with zero attached hydrogens (tertiary/aromatic N) is 2. The van der Waals surface area contributed by atoms with Crippen LogP contribution in [0.5, 0.6) is 5.75 Å². The van der Waals surface area contributed by atoms with E-state index in [1.54, 1.807) is 7.11 Å². The van der Waals surface area contributed by atoms with E-state index in [0.717, 1.165) is 21.8 Å². The molecule has 0 radical (unpaired) electrons. The predicted molar refractivity (Wildman–Crippen MR) is 124 cm³/mol. The van der Waals surface area contributed by atoms with Gasteiger partial charge in [0.15, 0.2) is 0 Å². The number of thiophene rings is 1. The van der Waals surface area contributed by atoms with Crippen LogP contribution in [0.25, 0.3) is 20.7 Å². The van der Waals surface area contributed by atoms with Gasteiger partial charge in [-0.1, -0.05) is 35.9 Å². The number of fused-ring (bicyclic) bond motifs is 1. The topological polar surface area (TPSA) is 73.2 Å². The molecule has 0 bridgehead atoms. The normalized spacial score (nSPS) is 10.9. The van der Waals surface area contributed by atoms with Crippen LogP contribution in [0.15, 0.2) is 65.7 Å². The molecule has 1 amide bonds. The molecule has 0 atom stereocenters. The summed E-state index contributed by atoms with van der Waals surface area (Å²) in [5, 5.41) is 3.51. The van der Waals surface area contributed by atoms with E-state index in [0.29, 0.717) is 28.2 Å². The molecule has 0 unspecified atom stereocenters. The van der Waals surface area contributed by atoms with E-state index in [1.165, 1.54) is 22.2 Å². The number of hydrogen-bond donors (Lipinski definition) is 1. The SMILES string of the molecule is COc1ccc(CCNC(=O)Cn2cnc3cc(-c4ccc(Cl)cc4)sc3c2=O)cc1. The monoisotopic (exact) mass is 453 g/mol. The van der Waals surface area contributed by atoms with Crippen molar-refractivity contribution >= 4 is 39.1 Å². The summed E-state index contributed by atoms with van der Waals surface area (Å²) >= 11 is 7.31. The second-order valence-corrected chi connectivity index (χ2v) is 8.45. The minimum absolute atomic E-state index is 0.0709. The summed E-state index contributed by atoms with van der Waals surface area (Å²) in [5.74, 6) is 0.564. The van der Waals surface area contributed by atoms with Crippen LogP contribution < -0.4 is 15.6 Å². The number of hydrogen-bond acceptors (Lipinski definition) is 5. The van der Waals surface area contributed by atoms with Gasteiger partial charge in [-0.15, -0.1) is 11.3 Å². The number of ether oxygens (including phenoxy) is 1. The zero-order valence-corrected chi connectivity index (χ0v) is 18.4. The van der Waals surface area contributed by atoms with Gasteiger partial charge in [0.1, 0.15) is 17.0 Å². The average Bonchev–Trinajstić information content (AvgIpc) is 3.22. The van der Waals surface area contributed by atoms with Gasteiger partial charge in [0.05, 0.1) is 19.0 Å². The third kappa shape index (κ3) is 4.95. The molecule has 31 heavy (non-hydrogen) atoms. The van der Waals surface area contributed by atoms with Crippen molar-refractivity contribution in [2.45, 2.75) is 13.0 Å². The third-order valence-electron chi connectivity index (χ3n) is 4.84. The maximum atomic E-state index is 12.8. The molecule has 0 aliphatic rings. The Hall–Kier alpha value is -3.16. The van der Waals surface area contributed by atoms with Crippen molar-refractivity contribution in [3.05, 3.63) is 81.9 Å². The third-order valence-corrected chi connectivity index (χ3v) is 6.25. The van der Waals surface area contributed by atoms with Crippen LogP contribution >= 0.6 is 22.9 Å². The molecular weight excluding hydrogens is 434 g/mol. The summed E-state index contributed by atoms with van der Waals surface area (Å²) in [7, 11) is 1.62. The van der Waals surface area contributed by atoms with E-state index in [9.17, 15) is 9.59 Å². The van der Waals surface area contributed by atoms with E-state index in [1.807, 2.05) is 54.6 Å². The molecule has 2 aromatic heterocycles. The molecule has 0 saturated carbocycles. The quantitative estimate of drug-likeness (QED) is 0.456. The Bertz CT molecular complexity index is 1260. The van der Waals surface area contributed by atoms with Crippen molar-refractivity contribution in [3.63, 3.8) is 0 Å². The minimum atomic E-state index is -0.230. The molecule has 0 aliphatic heterocycles. The van der Waals surface area contributed by atoms with Gasteiger partial charge < -0.3 is 10.1 Å². The van der Waals surface area contributed by atoms with E-state index >= 15 is 0 Å². The van der Waals surface area contributed by atoms with Crippen molar-refractivity contribution in [2.24, 2.45) is 0 Å². The van der Waals surface area contributed by atoms with Crippen molar-refractivity contribution in [3.8, 4) is 16.2 Å². The fourth-order valence-corrected chi connectivity index (χ4v) is 4.35. The van der Waals surface area contributed by atoms with Gasteiger partial charge in [-0.3, -0.25) is 14.2 Å². The summed E-state index contributed by atoms with van der Waals surface area (Å²) in [6.07, 6.45) is 2.11. The molecule has 2 aromatic carbocycles. The van der Waals surface area contributed by atoms with Crippen molar-refractivity contribution in [1.82, 2.24) is 14.9 Å². The Morgan fingerprint density at radius 3 is 2.61 bits per heavy atom. The van der Waals surface area contributed by atoms with E-state index in [4.69, 9.17) is 16.3 Å². The van der Waals surface area contributed by atoms with E-state index in [2.05, 4.69) is 10.3 Å². The molecule has 0 fully saturated rings. The van der Waals surface area contributed by atoms with Gasteiger partial charge in [0.25, 0.3) is 5.56 Å². The lowest BCUT2D eigenvalue weighted by Crippen LogP contribution is -2.33. The van der Waals surface area contributed by atoms with Crippen LogP contribution in [-0.4, -0.2) is 29.1 Å². The smallest absolute Gasteiger partial charge is 0.271 e. The van der Waals surface area contributed by atoms with Crippen LogP contribution in [0.2, 0.25) is 5.02 Å². The summed E-state index contributed by atoms with van der Waals surface area (Å²) in [6.45, 7) is 0.411. The van der Waals surface area contributed by atoms with Gasteiger partial charge in [0, 0.05) is 16.4 Å². The van der Waals surface area contributed by atoms with E-state index < -0.39 is 0 Å². The molecular formula is C23H20ClN3O3S. The van der Waals surface area contributed by atoms with Crippen LogP contribution in [0.4, 0.5) is 0 Å². The number of carbonyl (C=O) groups is 1. The number of amides is 1.